The van der Waals surface area contributed by atoms with Gasteiger partial charge in [0, 0.05) is 6.10 Å². The predicted octanol–water partition coefficient (Wildman–Crippen LogP) is 10.7. The van der Waals surface area contributed by atoms with E-state index >= 15 is 0 Å². The number of hydrogen-bond acceptors (Lipinski definition) is 2. The van der Waals surface area contributed by atoms with Gasteiger partial charge in [-0.1, -0.05) is 86.8 Å². The molecule has 0 aliphatic heterocycles. The molecular weight excluding hydrogens is 504 g/mol. The molecule has 0 unspecified atom stereocenters. The topological polar surface area (TPSA) is 29.5 Å². The highest BCUT2D eigenvalue weighted by Crippen LogP contribution is 2.69. The summed E-state index contributed by atoms with van der Waals surface area (Å²) in [6, 6.07) is 0. The van der Waals surface area contributed by atoms with Gasteiger partial charge in [0.15, 0.2) is 8.32 Å². The molecule has 0 heterocycles. The van der Waals surface area contributed by atoms with E-state index in [0.29, 0.717) is 22.9 Å². The molecule has 0 aromatic rings. The largest absolute Gasteiger partial charge is 0.414 e. The first-order valence-electron chi connectivity index (χ1n) is 17.6. The van der Waals surface area contributed by atoms with E-state index in [0.717, 1.165) is 47.8 Å². The molecule has 10 atom stereocenters. The smallest absolute Gasteiger partial charge is 0.192 e. The summed E-state index contributed by atoms with van der Waals surface area (Å²) in [5.41, 5.74) is 1.03. The van der Waals surface area contributed by atoms with Crippen molar-refractivity contribution in [3.8, 4) is 0 Å². The Balaban J connectivity index is 1.52. The second-order valence-electron chi connectivity index (χ2n) is 17.6. The van der Waals surface area contributed by atoms with Crippen LogP contribution >= 0.6 is 0 Å². The van der Waals surface area contributed by atoms with Crippen LogP contribution in [0, 0.1) is 58.2 Å². The summed E-state index contributed by atoms with van der Waals surface area (Å²) >= 11 is 0. The van der Waals surface area contributed by atoms with Crippen molar-refractivity contribution in [2.75, 3.05) is 6.61 Å². The van der Waals surface area contributed by atoms with Gasteiger partial charge in [-0.2, -0.15) is 0 Å². The van der Waals surface area contributed by atoms with Crippen LogP contribution in [0.5, 0.6) is 0 Å². The van der Waals surface area contributed by atoms with Gasteiger partial charge in [0.2, 0.25) is 0 Å². The standard InChI is InChI=1S/C37H68O2Si/c1-26(2)14-13-15-27(3)30-19-20-31-28-17-18-32-29(16-11-12-25-38)34(39-40(9,10)35(4,5)6)22-24-37(32,8)33(28)21-23-36(30,31)7/h11-12,26-34,38H,13-25H2,1-10H3/b12-11+/t27-,28+,29+,30-,31+,32+,33+,34-,36-,37+/m1/s1. The summed E-state index contributed by atoms with van der Waals surface area (Å²) in [5.74, 6) is 6.84. The average Bonchev–Trinajstić information content (AvgIpc) is 3.21. The Morgan fingerprint density at radius 1 is 0.850 bits per heavy atom. The Kier molecular flexibility index (Phi) is 10.2. The van der Waals surface area contributed by atoms with E-state index in [9.17, 15) is 5.11 Å². The molecule has 1 N–H and O–H groups in total. The lowest BCUT2D eigenvalue weighted by molar-refractivity contribution is -0.149. The number of fused-ring (bicyclic) bond motifs is 5. The Morgan fingerprint density at radius 3 is 2.15 bits per heavy atom. The molecule has 0 radical (unpaired) electrons. The molecule has 4 aliphatic rings. The molecule has 4 fully saturated rings. The summed E-state index contributed by atoms with van der Waals surface area (Å²) in [6.45, 7) is 25.1. The van der Waals surface area contributed by atoms with E-state index in [1.807, 2.05) is 6.08 Å². The fourth-order valence-electron chi connectivity index (χ4n) is 10.9. The molecule has 0 bridgehead atoms. The summed E-state index contributed by atoms with van der Waals surface area (Å²) in [5, 5.41) is 9.77. The molecule has 4 rings (SSSR count). The van der Waals surface area contributed by atoms with Crippen LogP contribution in [0.3, 0.4) is 0 Å². The molecule has 0 saturated heterocycles. The Bertz CT molecular complexity index is 857. The summed E-state index contributed by atoms with van der Waals surface area (Å²) in [4.78, 5) is 0. The first-order chi connectivity index (χ1) is 18.7. The SMILES string of the molecule is CC(C)CCC[C@@H](C)[C@H]1CC[C@H]2[C@@H]3CC[C@H]4[C@H](C/C=C/CO)[C@H](O[Si](C)(C)C(C)(C)C)CC[C@]4(C)[C@H]3CC[C@]12C. The highest BCUT2D eigenvalue weighted by molar-refractivity contribution is 6.74. The zero-order valence-electron chi connectivity index (χ0n) is 28.4. The van der Waals surface area contributed by atoms with Crippen LogP contribution < -0.4 is 0 Å². The van der Waals surface area contributed by atoms with Gasteiger partial charge in [0.1, 0.15) is 0 Å². The fourth-order valence-corrected chi connectivity index (χ4v) is 12.3. The van der Waals surface area contributed by atoms with Crippen molar-refractivity contribution in [1.29, 1.82) is 0 Å². The average molecular weight is 573 g/mol. The third-order valence-corrected chi connectivity index (χ3v) is 18.5. The number of aliphatic hydroxyl groups is 1. The number of rotatable bonds is 10. The van der Waals surface area contributed by atoms with Crippen molar-refractivity contribution in [3.63, 3.8) is 0 Å². The normalized spacial score (nSPS) is 41.1. The predicted molar refractivity (Wildman–Crippen MR) is 175 cm³/mol. The molecule has 4 aliphatic carbocycles. The fraction of sp³-hybridized carbons (Fsp3) is 0.946. The molecule has 0 spiro atoms. The van der Waals surface area contributed by atoms with Crippen LogP contribution in [-0.4, -0.2) is 26.1 Å². The summed E-state index contributed by atoms with van der Waals surface area (Å²) in [7, 11) is -1.83. The molecule has 0 aromatic heterocycles. The van der Waals surface area contributed by atoms with Gasteiger partial charge in [-0.25, -0.2) is 0 Å². The quantitative estimate of drug-likeness (QED) is 0.208. The zero-order chi connectivity index (χ0) is 29.5. The van der Waals surface area contributed by atoms with E-state index in [2.05, 4.69) is 74.6 Å². The molecule has 2 nitrogen and oxygen atoms in total. The molecule has 232 valence electrons. The van der Waals surface area contributed by atoms with E-state index in [-0.39, 0.29) is 11.6 Å². The first kappa shape index (κ1) is 32.8. The maximum atomic E-state index is 9.52. The minimum absolute atomic E-state index is 0.157. The molecular formula is C37H68O2Si. The summed E-state index contributed by atoms with van der Waals surface area (Å²) < 4.78 is 7.23. The van der Waals surface area contributed by atoms with E-state index in [1.54, 1.807) is 0 Å². The second-order valence-corrected chi connectivity index (χ2v) is 22.4. The molecule has 0 aromatic carbocycles. The zero-order valence-corrected chi connectivity index (χ0v) is 29.4. The lowest BCUT2D eigenvalue weighted by Crippen LogP contribution is -2.58. The van der Waals surface area contributed by atoms with Gasteiger partial charge in [-0.15, -0.1) is 0 Å². The van der Waals surface area contributed by atoms with E-state index in [4.69, 9.17) is 4.43 Å². The summed E-state index contributed by atoms with van der Waals surface area (Å²) in [6.07, 6.45) is 21.4. The van der Waals surface area contributed by atoms with Crippen molar-refractivity contribution >= 4 is 8.32 Å². The monoisotopic (exact) mass is 572 g/mol. The third kappa shape index (κ3) is 6.24. The molecule has 0 amide bonds. The van der Waals surface area contributed by atoms with Gasteiger partial charge in [-0.3, -0.25) is 0 Å². The third-order valence-electron chi connectivity index (χ3n) is 14.0. The lowest BCUT2D eigenvalue weighted by Gasteiger charge is -2.63. The van der Waals surface area contributed by atoms with Crippen LogP contribution in [-0.2, 0) is 4.43 Å². The Morgan fingerprint density at radius 2 is 1.50 bits per heavy atom. The maximum absolute atomic E-state index is 9.52. The maximum Gasteiger partial charge on any atom is 0.192 e. The van der Waals surface area contributed by atoms with Crippen LogP contribution in [0.25, 0.3) is 0 Å². The first-order valence-corrected chi connectivity index (χ1v) is 20.5. The van der Waals surface area contributed by atoms with E-state index < -0.39 is 8.32 Å². The van der Waals surface area contributed by atoms with E-state index in [1.165, 1.54) is 70.6 Å². The minimum atomic E-state index is -1.83. The van der Waals surface area contributed by atoms with Crippen molar-refractivity contribution < 1.29 is 9.53 Å². The Labute approximate surface area is 251 Å². The molecule has 40 heavy (non-hydrogen) atoms. The van der Waals surface area contributed by atoms with Crippen molar-refractivity contribution in [2.45, 2.75) is 157 Å². The highest BCUT2D eigenvalue weighted by atomic mass is 28.4. The minimum Gasteiger partial charge on any atom is -0.414 e. The second kappa shape index (κ2) is 12.5. The molecule has 4 saturated carbocycles. The number of hydrogen-bond donors (Lipinski definition) is 1. The van der Waals surface area contributed by atoms with Gasteiger partial charge in [-0.05, 0) is 134 Å². The van der Waals surface area contributed by atoms with Crippen molar-refractivity contribution in [2.24, 2.45) is 58.2 Å². The van der Waals surface area contributed by atoms with Crippen LogP contribution in [0.4, 0.5) is 0 Å². The van der Waals surface area contributed by atoms with Gasteiger partial charge in [0.05, 0.1) is 6.61 Å². The van der Waals surface area contributed by atoms with Crippen molar-refractivity contribution in [3.05, 3.63) is 12.2 Å². The molecule has 3 heteroatoms. The van der Waals surface area contributed by atoms with Gasteiger partial charge in [0.25, 0.3) is 0 Å². The van der Waals surface area contributed by atoms with Gasteiger partial charge < -0.3 is 9.53 Å². The Hall–Kier alpha value is -0.123. The van der Waals surface area contributed by atoms with Crippen LogP contribution in [0.15, 0.2) is 12.2 Å². The van der Waals surface area contributed by atoms with Gasteiger partial charge >= 0.3 is 0 Å². The number of allylic oxidation sites excluding steroid dienone is 1. The van der Waals surface area contributed by atoms with Crippen molar-refractivity contribution in [1.82, 2.24) is 0 Å². The number of aliphatic hydroxyl groups excluding tert-OH is 1. The lowest BCUT2D eigenvalue weighted by atomic mass is 9.43. The highest BCUT2D eigenvalue weighted by Gasteiger charge is 2.62. The van der Waals surface area contributed by atoms with Crippen LogP contribution in [0.2, 0.25) is 18.1 Å². The van der Waals surface area contributed by atoms with Crippen LogP contribution in [0.1, 0.15) is 132 Å².